The largest absolute Gasteiger partial charge is 0.484 e. The van der Waals surface area contributed by atoms with Crippen LogP contribution in [0.4, 0.5) is 5.69 Å². The second kappa shape index (κ2) is 6.18. The van der Waals surface area contributed by atoms with E-state index in [1.54, 1.807) is 0 Å². The molecule has 0 heterocycles. The highest BCUT2D eigenvalue weighted by atomic mass is 35.5. The Morgan fingerprint density at radius 2 is 2.32 bits per heavy atom. The van der Waals surface area contributed by atoms with Crippen molar-refractivity contribution in [2.45, 2.75) is 25.0 Å². The summed E-state index contributed by atoms with van der Waals surface area (Å²) in [4.78, 5) is 10.3. The van der Waals surface area contributed by atoms with Crippen LogP contribution in [-0.4, -0.2) is 35.3 Å². The summed E-state index contributed by atoms with van der Waals surface area (Å²) in [5.41, 5.74) is -0.160. The molecule has 1 saturated carbocycles. The molecule has 0 amide bonds. The molecule has 1 fully saturated rings. The Balaban J connectivity index is 1.89. The van der Waals surface area contributed by atoms with Gasteiger partial charge in [-0.1, -0.05) is 11.6 Å². The topological polar surface area (TPSA) is 84.6 Å². The third kappa shape index (κ3) is 4.34. The van der Waals surface area contributed by atoms with E-state index in [0.717, 1.165) is 12.8 Å². The summed E-state index contributed by atoms with van der Waals surface area (Å²) in [5.74, 6) is 0.0722. The van der Waals surface area contributed by atoms with E-state index in [0.29, 0.717) is 17.6 Å². The minimum absolute atomic E-state index is 0.0130. The maximum Gasteiger partial charge on any atom is 0.311 e. The van der Waals surface area contributed by atoms with Gasteiger partial charge in [-0.25, -0.2) is 0 Å². The first-order chi connectivity index (χ1) is 9.06. The van der Waals surface area contributed by atoms with Gasteiger partial charge in [0, 0.05) is 29.7 Å². The number of benzene rings is 1. The molecule has 1 atom stereocenters. The number of aliphatic hydroxyl groups excluding tert-OH is 1. The molecule has 1 unspecified atom stereocenters. The lowest BCUT2D eigenvalue weighted by atomic mass is 10.3. The SMILES string of the molecule is O=[N+]([O-])c1ccc(Cl)cc1OCC(O)CNC1CC1. The standard InChI is InChI=1S/C12H15ClN2O4/c13-8-1-4-11(15(17)18)12(5-8)19-7-10(16)6-14-9-2-3-9/h1,4-5,9-10,14,16H,2-3,6-7H2. The van der Waals surface area contributed by atoms with Gasteiger partial charge in [0.25, 0.3) is 0 Å². The van der Waals surface area contributed by atoms with Gasteiger partial charge >= 0.3 is 5.69 Å². The van der Waals surface area contributed by atoms with Crippen molar-refractivity contribution in [3.63, 3.8) is 0 Å². The predicted molar refractivity (Wildman–Crippen MR) is 70.6 cm³/mol. The van der Waals surface area contributed by atoms with Crippen molar-refractivity contribution in [1.29, 1.82) is 0 Å². The number of halogens is 1. The Hall–Kier alpha value is -1.37. The second-order valence-electron chi connectivity index (χ2n) is 4.52. The molecule has 0 saturated heterocycles. The zero-order valence-corrected chi connectivity index (χ0v) is 11.0. The number of nitro benzene ring substituents is 1. The lowest BCUT2D eigenvalue weighted by Crippen LogP contribution is -2.32. The molecule has 0 bridgehead atoms. The molecule has 6 nitrogen and oxygen atoms in total. The van der Waals surface area contributed by atoms with Gasteiger partial charge in [0.2, 0.25) is 0 Å². The van der Waals surface area contributed by atoms with Crippen molar-refractivity contribution in [1.82, 2.24) is 5.32 Å². The highest BCUT2D eigenvalue weighted by Gasteiger charge is 2.22. The van der Waals surface area contributed by atoms with Crippen LogP contribution < -0.4 is 10.1 Å². The average molecular weight is 287 g/mol. The van der Waals surface area contributed by atoms with Gasteiger partial charge in [-0.3, -0.25) is 10.1 Å². The molecule has 0 aliphatic heterocycles. The number of nitrogens with zero attached hydrogens (tertiary/aromatic N) is 1. The Labute approximate surface area is 115 Å². The molecule has 1 aliphatic carbocycles. The highest BCUT2D eigenvalue weighted by Crippen LogP contribution is 2.29. The molecule has 7 heteroatoms. The summed E-state index contributed by atoms with van der Waals surface area (Å²) in [6, 6.07) is 4.58. The van der Waals surface area contributed by atoms with Crippen LogP contribution in [0.3, 0.4) is 0 Å². The van der Waals surface area contributed by atoms with E-state index in [1.165, 1.54) is 18.2 Å². The van der Waals surface area contributed by atoms with Gasteiger partial charge in [0.1, 0.15) is 12.7 Å². The number of aliphatic hydroxyl groups is 1. The lowest BCUT2D eigenvalue weighted by molar-refractivity contribution is -0.385. The quantitative estimate of drug-likeness (QED) is 0.589. The Bertz CT molecular complexity index is 465. The number of hydrogen-bond donors (Lipinski definition) is 2. The van der Waals surface area contributed by atoms with Gasteiger partial charge in [0.15, 0.2) is 5.75 Å². The van der Waals surface area contributed by atoms with Crippen LogP contribution in [0.15, 0.2) is 18.2 Å². The van der Waals surface area contributed by atoms with Crippen molar-refractivity contribution in [2.75, 3.05) is 13.2 Å². The fourth-order valence-electron chi connectivity index (χ4n) is 1.59. The van der Waals surface area contributed by atoms with Gasteiger partial charge in [-0.2, -0.15) is 0 Å². The third-order valence-corrected chi connectivity index (χ3v) is 3.00. The maximum absolute atomic E-state index is 10.8. The first-order valence-electron chi connectivity index (χ1n) is 6.04. The van der Waals surface area contributed by atoms with Crippen LogP contribution in [0.25, 0.3) is 0 Å². The zero-order chi connectivity index (χ0) is 13.8. The predicted octanol–water partition coefficient (Wildman–Crippen LogP) is 1.74. The van der Waals surface area contributed by atoms with Gasteiger partial charge in [-0.05, 0) is 18.9 Å². The van der Waals surface area contributed by atoms with Crippen LogP contribution in [0.5, 0.6) is 5.75 Å². The van der Waals surface area contributed by atoms with Gasteiger partial charge in [0.05, 0.1) is 4.92 Å². The van der Waals surface area contributed by atoms with E-state index in [-0.39, 0.29) is 18.0 Å². The number of hydrogen-bond acceptors (Lipinski definition) is 5. The summed E-state index contributed by atoms with van der Waals surface area (Å²) < 4.78 is 5.28. The molecule has 0 radical (unpaired) electrons. The van der Waals surface area contributed by atoms with E-state index in [9.17, 15) is 15.2 Å². The van der Waals surface area contributed by atoms with Crippen LogP contribution in [0, 0.1) is 10.1 Å². The van der Waals surface area contributed by atoms with E-state index in [4.69, 9.17) is 16.3 Å². The first-order valence-corrected chi connectivity index (χ1v) is 6.42. The van der Waals surface area contributed by atoms with Crippen molar-refractivity contribution in [3.05, 3.63) is 33.3 Å². The number of rotatable bonds is 7. The molecular weight excluding hydrogens is 272 g/mol. The molecular formula is C12H15ClN2O4. The van der Waals surface area contributed by atoms with Gasteiger partial charge < -0.3 is 15.2 Å². The third-order valence-electron chi connectivity index (χ3n) is 2.77. The molecule has 19 heavy (non-hydrogen) atoms. The molecule has 1 aliphatic rings. The lowest BCUT2D eigenvalue weighted by Gasteiger charge is -2.13. The van der Waals surface area contributed by atoms with Crippen LogP contribution in [-0.2, 0) is 0 Å². The smallest absolute Gasteiger partial charge is 0.311 e. The maximum atomic E-state index is 10.8. The number of ether oxygens (including phenoxy) is 1. The van der Waals surface area contributed by atoms with Crippen molar-refractivity contribution < 1.29 is 14.8 Å². The molecule has 2 N–H and O–H groups in total. The minimum atomic E-state index is -0.709. The van der Waals surface area contributed by atoms with Crippen molar-refractivity contribution >= 4 is 17.3 Å². The summed E-state index contributed by atoms with van der Waals surface area (Å²) in [5, 5.41) is 24.0. The zero-order valence-electron chi connectivity index (χ0n) is 10.2. The van der Waals surface area contributed by atoms with Gasteiger partial charge in [-0.15, -0.1) is 0 Å². The Morgan fingerprint density at radius 1 is 1.58 bits per heavy atom. The highest BCUT2D eigenvalue weighted by molar-refractivity contribution is 6.30. The summed E-state index contributed by atoms with van der Waals surface area (Å²) in [6.07, 6.45) is 1.56. The molecule has 104 valence electrons. The Morgan fingerprint density at radius 3 is 2.95 bits per heavy atom. The minimum Gasteiger partial charge on any atom is -0.484 e. The fourth-order valence-corrected chi connectivity index (χ4v) is 1.75. The van der Waals surface area contributed by atoms with E-state index >= 15 is 0 Å². The van der Waals surface area contributed by atoms with Crippen LogP contribution in [0.1, 0.15) is 12.8 Å². The summed E-state index contributed by atoms with van der Waals surface area (Å²) >= 11 is 5.77. The molecule has 1 aromatic carbocycles. The summed E-state index contributed by atoms with van der Waals surface area (Å²) in [7, 11) is 0. The van der Waals surface area contributed by atoms with E-state index in [2.05, 4.69) is 5.32 Å². The van der Waals surface area contributed by atoms with Crippen molar-refractivity contribution in [2.24, 2.45) is 0 Å². The first kappa shape index (κ1) is 14.0. The number of nitro groups is 1. The Kier molecular flexibility index (Phi) is 4.57. The van der Waals surface area contributed by atoms with Crippen LogP contribution >= 0.6 is 11.6 Å². The fraction of sp³-hybridized carbons (Fsp3) is 0.500. The monoisotopic (exact) mass is 286 g/mol. The summed E-state index contributed by atoms with van der Waals surface area (Å²) in [6.45, 7) is 0.403. The molecule has 0 spiro atoms. The van der Waals surface area contributed by atoms with E-state index in [1.807, 2.05) is 0 Å². The second-order valence-corrected chi connectivity index (χ2v) is 4.95. The molecule has 1 aromatic rings. The average Bonchev–Trinajstić information content (AvgIpc) is 3.17. The normalized spacial score (nSPS) is 16.1. The molecule has 2 rings (SSSR count). The number of nitrogens with one attached hydrogen (secondary N) is 1. The molecule has 0 aromatic heterocycles. The van der Waals surface area contributed by atoms with E-state index < -0.39 is 11.0 Å². The van der Waals surface area contributed by atoms with Crippen LogP contribution in [0.2, 0.25) is 5.02 Å². The van der Waals surface area contributed by atoms with Crippen molar-refractivity contribution in [3.8, 4) is 5.75 Å².